The van der Waals surface area contributed by atoms with Crippen LogP contribution >= 0.6 is 11.3 Å². The maximum atomic E-state index is 5.43. The van der Waals surface area contributed by atoms with E-state index in [4.69, 9.17) is 4.74 Å². The van der Waals surface area contributed by atoms with Gasteiger partial charge in [-0.25, -0.2) is 4.98 Å². The van der Waals surface area contributed by atoms with E-state index in [2.05, 4.69) is 29.5 Å². The molecule has 2 heterocycles. The second-order valence-electron chi connectivity index (χ2n) is 4.44. The SMILES string of the molecule is COC(C)(C)c1nc([C@@H]2CCCN2)cs1. The van der Waals surface area contributed by atoms with Crippen molar-refractivity contribution in [3.8, 4) is 0 Å². The molecule has 0 aliphatic carbocycles. The summed E-state index contributed by atoms with van der Waals surface area (Å²) in [4.78, 5) is 4.67. The van der Waals surface area contributed by atoms with E-state index in [0.29, 0.717) is 6.04 Å². The number of nitrogens with zero attached hydrogens (tertiary/aromatic N) is 1. The van der Waals surface area contributed by atoms with Crippen LogP contribution in [0.3, 0.4) is 0 Å². The fourth-order valence-corrected chi connectivity index (χ4v) is 2.72. The molecule has 0 spiro atoms. The van der Waals surface area contributed by atoms with Crippen LogP contribution in [0.1, 0.15) is 43.4 Å². The van der Waals surface area contributed by atoms with Gasteiger partial charge in [-0.3, -0.25) is 0 Å². The van der Waals surface area contributed by atoms with Crippen molar-refractivity contribution in [3.63, 3.8) is 0 Å². The lowest BCUT2D eigenvalue weighted by molar-refractivity contribution is 0.0189. The molecule has 1 aliphatic heterocycles. The Kier molecular flexibility index (Phi) is 3.09. The summed E-state index contributed by atoms with van der Waals surface area (Å²) in [5, 5.41) is 6.67. The number of methoxy groups -OCH3 is 1. The molecule has 1 aliphatic rings. The van der Waals surface area contributed by atoms with E-state index in [1.807, 2.05) is 0 Å². The zero-order chi connectivity index (χ0) is 10.9. The average Bonchev–Trinajstić information content (AvgIpc) is 2.88. The van der Waals surface area contributed by atoms with Gasteiger partial charge in [0, 0.05) is 12.5 Å². The molecule has 1 aromatic rings. The first kappa shape index (κ1) is 11.0. The number of rotatable bonds is 3. The highest BCUT2D eigenvalue weighted by atomic mass is 32.1. The first-order valence-corrected chi connectivity index (χ1v) is 6.26. The van der Waals surface area contributed by atoms with Gasteiger partial charge in [-0.05, 0) is 33.2 Å². The van der Waals surface area contributed by atoms with Crippen molar-refractivity contribution in [1.82, 2.24) is 10.3 Å². The molecule has 15 heavy (non-hydrogen) atoms. The van der Waals surface area contributed by atoms with Crippen molar-refractivity contribution in [3.05, 3.63) is 16.1 Å². The minimum Gasteiger partial charge on any atom is -0.372 e. The van der Waals surface area contributed by atoms with Crippen LogP contribution in [0.5, 0.6) is 0 Å². The molecule has 3 nitrogen and oxygen atoms in total. The largest absolute Gasteiger partial charge is 0.372 e. The van der Waals surface area contributed by atoms with Crippen molar-refractivity contribution in [2.45, 2.75) is 38.3 Å². The number of nitrogens with one attached hydrogen (secondary N) is 1. The van der Waals surface area contributed by atoms with Crippen molar-refractivity contribution in [1.29, 1.82) is 0 Å². The molecular weight excluding hydrogens is 208 g/mol. The first-order chi connectivity index (χ1) is 7.13. The molecule has 1 fully saturated rings. The topological polar surface area (TPSA) is 34.1 Å². The lowest BCUT2D eigenvalue weighted by Crippen LogP contribution is -2.20. The number of thiazole rings is 1. The van der Waals surface area contributed by atoms with Gasteiger partial charge in [0.15, 0.2) is 0 Å². The van der Waals surface area contributed by atoms with Crippen molar-refractivity contribution in [2.75, 3.05) is 13.7 Å². The molecule has 1 N–H and O–H groups in total. The Hall–Kier alpha value is -0.450. The second-order valence-corrected chi connectivity index (χ2v) is 5.30. The van der Waals surface area contributed by atoms with E-state index in [-0.39, 0.29) is 5.60 Å². The highest BCUT2D eigenvalue weighted by Gasteiger charge is 2.26. The van der Waals surface area contributed by atoms with E-state index in [9.17, 15) is 0 Å². The van der Waals surface area contributed by atoms with Gasteiger partial charge >= 0.3 is 0 Å². The Balaban J connectivity index is 2.16. The molecule has 1 aromatic heterocycles. The van der Waals surface area contributed by atoms with Crippen LogP contribution in [0.4, 0.5) is 0 Å². The molecule has 1 saturated heterocycles. The molecule has 0 bridgehead atoms. The van der Waals surface area contributed by atoms with E-state index in [0.717, 1.165) is 11.6 Å². The molecule has 1 atom stereocenters. The number of ether oxygens (including phenoxy) is 1. The monoisotopic (exact) mass is 226 g/mol. The van der Waals surface area contributed by atoms with Crippen LogP contribution in [-0.2, 0) is 10.3 Å². The Bertz CT molecular complexity index is 329. The minimum atomic E-state index is -0.262. The predicted molar refractivity (Wildman–Crippen MR) is 62.1 cm³/mol. The van der Waals surface area contributed by atoms with Crippen LogP contribution in [-0.4, -0.2) is 18.6 Å². The number of hydrogen-bond donors (Lipinski definition) is 1. The van der Waals surface area contributed by atoms with Gasteiger partial charge in [0.2, 0.25) is 0 Å². The third kappa shape index (κ3) is 2.22. The third-order valence-corrected chi connectivity index (χ3v) is 4.13. The van der Waals surface area contributed by atoms with Gasteiger partial charge in [-0.2, -0.15) is 0 Å². The molecule has 0 unspecified atom stereocenters. The van der Waals surface area contributed by atoms with Gasteiger partial charge < -0.3 is 10.1 Å². The Labute approximate surface area is 94.9 Å². The lowest BCUT2D eigenvalue weighted by atomic mass is 10.1. The summed E-state index contributed by atoms with van der Waals surface area (Å²) in [6, 6.07) is 0.461. The third-order valence-electron chi connectivity index (χ3n) is 2.96. The minimum absolute atomic E-state index is 0.262. The quantitative estimate of drug-likeness (QED) is 0.859. The van der Waals surface area contributed by atoms with E-state index >= 15 is 0 Å². The molecule has 4 heteroatoms. The summed E-state index contributed by atoms with van der Waals surface area (Å²) in [6.07, 6.45) is 2.46. The van der Waals surface area contributed by atoms with Crippen LogP contribution < -0.4 is 5.32 Å². The van der Waals surface area contributed by atoms with Crippen molar-refractivity contribution in [2.24, 2.45) is 0 Å². The zero-order valence-electron chi connectivity index (χ0n) is 9.54. The highest BCUT2D eigenvalue weighted by molar-refractivity contribution is 7.09. The molecule has 0 saturated carbocycles. The molecule has 0 amide bonds. The van der Waals surface area contributed by atoms with Crippen molar-refractivity contribution < 1.29 is 4.74 Å². The van der Waals surface area contributed by atoms with Gasteiger partial charge in [-0.15, -0.1) is 11.3 Å². The fraction of sp³-hybridized carbons (Fsp3) is 0.727. The van der Waals surface area contributed by atoms with Crippen molar-refractivity contribution >= 4 is 11.3 Å². The lowest BCUT2D eigenvalue weighted by Gasteiger charge is -2.19. The average molecular weight is 226 g/mol. The number of hydrogen-bond acceptors (Lipinski definition) is 4. The molecular formula is C11H18N2OS. The Morgan fingerprint density at radius 3 is 3.00 bits per heavy atom. The normalized spacial score (nSPS) is 22.2. The molecule has 0 aromatic carbocycles. The summed E-state index contributed by atoms with van der Waals surface area (Å²) in [5.74, 6) is 0. The molecule has 2 rings (SSSR count). The van der Waals surface area contributed by atoms with E-state index in [1.54, 1.807) is 18.4 Å². The smallest absolute Gasteiger partial charge is 0.124 e. The fourth-order valence-electron chi connectivity index (χ4n) is 1.75. The van der Waals surface area contributed by atoms with Crippen LogP contribution in [0.2, 0.25) is 0 Å². The highest BCUT2D eigenvalue weighted by Crippen LogP contribution is 2.30. The van der Waals surface area contributed by atoms with Gasteiger partial charge in [-0.1, -0.05) is 0 Å². The van der Waals surface area contributed by atoms with Gasteiger partial charge in [0.1, 0.15) is 10.6 Å². The molecule has 0 radical (unpaired) electrons. The zero-order valence-corrected chi connectivity index (χ0v) is 10.4. The van der Waals surface area contributed by atoms with Crippen LogP contribution in [0.25, 0.3) is 0 Å². The van der Waals surface area contributed by atoms with Gasteiger partial charge in [0.25, 0.3) is 0 Å². The summed E-state index contributed by atoms with van der Waals surface area (Å²) >= 11 is 1.69. The van der Waals surface area contributed by atoms with Gasteiger partial charge in [0.05, 0.1) is 11.7 Å². The van der Waals surface area contributed by atoms with Crippen LogP contribution in [0, 0.1) is 0 Å². The van der Waals surface area contributed by atoms with Crippen LogP contribution in [0.15, 0.2) is 5.38 Å². The summed E-state index contributed by atoms with van der Waals surface area (Å²) in [5.41, 5.74) is 0.916. The summed E-state index contributed by atoms with van der Waals surface area (Å²) < 4.78 is 5.43. The van der Waals surface area contributed by atoms with E-state index < -0.39 is 0 Å². The second kappa shape index (κ2) is 4.20. The molecule has 84 valence electrons. The standard InChI is InChI=1S/C11H18N2OS/c1-11(2,14-3)10-13-9(7-15-10)8-5-4-6-12-8/h7-8,12H,4-6H2,1-3H3/t8-/m0/s1. The Morgan fingerprint density at radius 1 is 1.60 bits per heavy atom. The maximum Gasteiger partial charge on any atom is 0.124 e. The van der Waals surface area contributed by atoms with E-state index in [1.165, 1.54) is 18.5 Å². The Morgan fingerprint density at radius 2 is 2.40 bits per heavy atom. The predicted octanol–water partition coefficient (Wildman–Crippen LogP) is 2.45. The maximum absolute atomic E-state index is 5.43. The summed E-state index contributed by atoms with van der Waals surface area (Å²) in [7, 11) is 1.73. The number of aromatic nitrogens is 1. The summed E-state index contributed by atoms with van der Waals surface area (Å²) in [6.45, 7) is 5.22. The first-order valence-electron chi connectivity index (χ1n) is 5.38.